The normalized spacial score (nSPS) is 16.8. The molecule has 6 aromatic rings. The van der Waals surface area contributed by atoms with E-state index in [4.69, 9.17) is 32.7 Å². The number of nitro groups is 1. The van der Waals surface area contributed by atoms with E-state index in [0.29, 0.717) is 17.2 Å². The van der Waals surface area contributed by atoms with Crippen LogP contribution in [-0.2, 0) is 24.1 Å². The first-order valence-corrected chi connectivity index (χ1v) is 23.1. The lowest BCUT2D eigenvalue weighted by molar-refractivity contribution is -0.383. The van der Waals surface area contributed by atoms with E-state index in [1.165, 1.54) is 12.5 Å². The molecular weight excluding hydrogens is 860 g/mol. The maximum Gasteiger partial charge on any atom is 0.313 e. The number of rotatable bonds is 20. The molecule has 3 heterocycles. The summed E-state index contributed by atoms with van der Waals surface area (Å²) in [5, 5.41) is 22.2. The van der Waals surface area contributed by atoms with Crippen LogP contribution >= 0.6 is 8.53 Å². The molecule has 7 rings (SSSR count). The van der Waals surface area contributed by atoms with Gasteiger partial charge < -0.3 is 32.7 Å². The van der Waals surface area contributed by atoms with Gasteiger partial charge in [0.15, 0.2) is 11.0 Å². The highest BCUT2D eigenvalue weighted by molar-refractivity contribution is 7.44. The first kappa shape index (κ1) is 48.0. The van der Waals surface area contributed by atoms with Gasteiger partial charge in [-0.3, -0.25) is 14.7 Å². The topological polar surface area (TPSA) is 165 Å². The number of pyridine rings is 1. The maximum absolute atomic E-state index is 12.7. The van der Waals surface area contributed by atoms with Crippen molar-refractivity contribution in [3.8, 4) is 29.2 Å². The van der Waals surface area contributed by atoms with Gasteiger partial charge in [0.25, 0.3) is 8.53 Å². The minimum absolute atomic E-state index is 0.00450. The molecule has 1 unspecified atom stereocenters. The summed E-state index contributed by atoms with van der Waals surface area (Å²) >= 11 is 0. The summed E-state index contributed by atoms with van der Waals surface area (Å²) in [5.41, 5.74) is 4.32. The summed E-state index contributed by atoms with van der Waals surface area (Å²) in [7, 11) is 1.50. The standard InChI is InChI=1S/C50H57N6O9P/c1-32(2)55(33(3)4)66(62-25-13-24-51)65-43-28-45(54-31-53-46-47(54)42(56(57)58)29-52-49(46)64-48-35(6)26-34(5)27-36(48)7)63-44(43)30-61-50(37-14-11-10-12-15-37,38-16-20-40(59-8)21-17-38)39-18-22-41(60-9)23-19-39/h10-12,14-23,26-27,29,31-33,43-45H,13,25,28,30H2,1-9H3/t43-,44+,45+,66?/m0/s1. The third-order valence-electron chi connectivity index (χ3n) is 11.6. The number of imidazole rings is 1. The fourth-order valence-corrected chi connectivity index (χ4v) is 10.4. The summed E-state index contributed by atoms with van der Waals surface area (Å²) in [4.78, 5) is 21.3. The Bertz CT molecular complexity index is 2560. The minimum atomic E-state index is -1.75. The molecule has 0 N–H and O–H groups in total. The Balaban J connectivity index is 1.34. The van der Waals surface area contributed by atoms with Crippen LogP contribution in [0, 0.1) is 42.2 Å². The van der Waals surface area contributed by atoms with Crippen molar-refractivity contribution in [2.45, 2.75) is 97.4 Å². The number of hydrogen-bond donors (Lipinski definition) is 0. The molecule has 0 saturated carbocycles. The van der Waals surface area contributed by atoms with Crippen LogP contribution in [0.1, 0.15) is 80.1 Å². The molecule has 0 radical (unpaired) electrons. The van der Waals surface area contributed by atoms with Crippen LogP contribution in [0.2, 0.25) is 0 Å². The third kappa shape index (κ3) is 10.0. The fraction of sp³-hybridized carbons (Fsp3) is 0.380. The zero-order chi connectivity index (χ0) is 47.1. The van der Waals surface area contributed by atoms with Gasteiger partial charge in [-0.2, -0.15) is 5.26 Å². The Morgan fingerprint density at radius 2 is 1.50 bits per heavy atom. The molecule has 16 heteroatoms. The van der Waals surface area contributed by atoms with Gasteiger partial charge in [-0.05, 0) is 101 Å². The van der Waals surface area contributed by atoms with Crippen LogP contribution in [0.3, 0.4) is 0 Å². The zero-order valence-corrected chi connectivity index (χ0v) is 39.7. The van der Waals surface area contributed by atoms with Gasteiger partial charge in [0.05, 0.1) is 57.3 Å². The molecule has 66 heavy (non-hydrogen) atoms. The number of aromatic nitrogens is 3. The molecule has 4 aromatic carbocycles. The highest BCUT2D eigenvalue weighted by atomic mass is 31.2. The van der Waals surface area contributed by atoms with Crippen molar-refractivity contribution >= 4 is 25.2 Å². The molecule has 15 nitrogen and oxygen atoms in total. The molecule has 1 aliphatic rings. The Kier molecular flexibility index (Phi) is 15.3. The molecule has 1 saturated heterocycles. The monoisotopic (exact) mass is 916 g/mol. The summed E-state index contributed by atoms with van der Waals surface area (Å²) in [6, 6.07) is 31.7. The fourth-order valence-electron chi connectivity index (χ4n) is 8.69. The van der Waals surface area contributed by atoms with Gasteiger partial charge in [-0.25, -0.2) is 14.6 Å². The van der Waals surface area contributed by atoms with Crippen molar-refractivity contribution in [1.82, 2.24) is 19.2 Å². The number of nitriles is 1. The van der Waals surface area contributed by atoms with Crippen molar-refractivity contribution in [2.75, 3.05) is 27.4 Å². The number of fused-ring (bicyclic) bond motifs is 1. The zero-order valence-electron chi connectivity index (χ0n) is 38.8. The number of hydrogen-bond acceptors (Lipinski definition) is 13. The van der Waals surface area contributed by atoms with Crippen molar-refractivity contribution in [3.05, 3.63) is 147 Å². The second kappa shape index (κ2) is 21.1. The lowest BCUT2D eigenvalue weighted by atomic mass is 9.80. The number of methoxy groups -OCH3 is 2. The highest BCUT2D eigenvalue weighted by Crippen LogP contribution is 2.51. The van der Waals surface area contributed by atoms with Gasteiger partial charge >= 0.3 is 5.69 Å². The molecule has 0 spiro atoms. The molecule has 0 aliphatic carbocycles. The van der Waals surface area contributed by atoms with Crippen LogP contribution in [0.4, 0.5) is 5.69 Å². The molecule has 4 atom stereocenters. The van der Waals surface area contributed by atoms with Gasteiger partial charge in [-0.1, -0.05) is 72.3 Å². The van der Waals surface area contributed by atoms with Gasteiger partial charge in [0.1, 0.15) is 41.4 Å². The highest BCUT2D eigenvalue weighted by Gasteiger charge is 2.45. The average molecular weight is 917 g/mol. The molecule has 1 aliphatic heterocycles. The molecular formula is C50H57N6O9P. The summed E-state index contributed by atoms with van der Waals surface area (Å²) < 4.78 is 49.2. The van der Waals surface area contributed by atoms with Gasteiger partial charge in [0, 0.05) is 18.5 Å². The minimum Gasteiger partial charge on any atom is -0.497 e. The SMILES string of the molecule is COc1ccc(C(OC[C@H]2O[C@@H](n3cnc4c(Oc5c(C)cc(C)cc5C)ncc([N+](=O)[O-])c43)C[C@@H]2OP(OCCC#N)N(C(C)C)C(C)C)(c2ccccc2)c2ccc(OC)cc2)cc1. The average Bonchev–Trinajstić information content (AvgIpc) is 3.93. The van der Waals surface area contributed by atoms with Crippen molar-refractivity contribution in [3.63, 3.8) is 0 Å². The molecule has 0 amide bonds. The van der Waals surface area contributed by atoms with E-state index in [1.807, 2.05) is 112 Å². The van der Waals surface area contributed by atoms with Gasteiger partial charge in [-0.15, -0.1) is 0 Å². The van der Waals surface area contributed by atoms with Crippen LogP contribution in [0.15, 0.2) is 104 Å². The predicted molar refractivity (Wildman–Crippen MR) is 252 cm³/mol. The summed E-state index contributed by atoms with van der Waals surface area (Å²) in [5.74, 6) is 2.09. The lowest BCUT2D eigenvalue weighted by Crippen LogP contribution is -2.39. The quantitative estimate of drug-likeness (QED) is 0.0234. The Morgan fingerprint density at radius 1 is 0.909 bits per heavy atom. The smallest absolute Gasteiger partial charge is 0.313 e. The third-order valence-corrected chi connectivity index (χ3v) is 13.7. The lowest BCUT2D eigenvalue weighted by Gasteiger charge is -2.39. The Labute approximate surface area is 387 Å². The predicted octanol–water partition coefficient (Wildman–Crippen LogP) is 11.0. The Hall–Kier alpha value is -5.98. The van der Waals surface area contributed by atoms with Crippen LogP contribution in [0.5, 0.6) is 23.1 Å². The number of nitrogens with zero attached hydrogens (tertiary/aromatic N) is 6. The van der Waals surface area contributed by atoms with Crippen molar-refractivity contribution < 1.29 is 37.7 Å². The largest absolute Gasteiger partial charge is 0.497 e. The first-order valence-electron chi connectivity index (χ1n) is 21.9. The van der Waals surface area contributed by atoms with E-state index in [1.54, 1.807) is 18.8 Å². The number of ether oxygens (including phenoxy) is 5. The van der Waals surface area contributed by atoms with Crippen molar-refractivity contribution in [1.29, 1.82) is 5.26 Å². The molecule has 2 aromatic heterocycles. The number of aryl methyl sites for hydroxylation is 3. The second-order valence-corrected chi connectivity index (χ2v) is 18.2. The van der Waals surface area contributed by atoms with E-state index in [2.05, 4.69) is 48.4 Å². The van der Waals surface area contributed by atoms with E-state index in [0.717, 1.165) is 33.4 Å². The molecule has 0 bridgehead atoms. The summed E-state index contributed by atoms with van der Waals surface area (Å²) in [6.45, 7) is 14.3. The van der Waals surface area contributed by atoms with E-state index < -0.39 is 37.5 Å². The van der Waals surface area contributed by atoms with E-state index in [-0.39, 0.29) is 60.7 Å². The molecule has 346 valence electrons. The van der Waals surface area contributed by atoms with Crippen LogP contribution < -0.4 is 14.2 Å². The summed E-state index contributed by atoms with van der Waals surface area (Å²) in [6.07, 6.45) is 0.885. The van der Waals surface area contributed by atoms with Crippen molar-refractivity contribution in [2.24, 2.45) is 0 Å². The second-order valence-electron chi connectivity index (χ2n) is 16.8. The number of benzene rings is 4. The van der Waals surface area contributed by atoms with E-state index in [9.17, 15) is 15.4 Å². The van der Waals surface area contributed by atoms with E-state index >= 15 is 0 Å². The van der Waals surface area contributed by atoms with Gasteiger partial charge in [0.2, 0.25) is 5.88 Å². The molecule has 1 fully saturated rings. The van der Waals surface area contributed by atoms with Crippen LogP contribution in [0.25, 0.3) is 11.0 Å². The maximum atomic E-state index is 12.7. The Morgan fingerprint density at radius 3 is 2.05 bits per heavy atom. The van der Waals surface area contributed by atoms with Crippen LogP contribution in [-0.4, -0.2) is 75.9 Å². The first-order chi connectivity index (χ1) is 31.8.